The first kappa shape index (κ1) is 13.8. The number of nitrogens with zero attached hydrogens (tertiary/aromatic N) is 4. The molecule has 5 nitrogen and oxygen atoms in total. The van der Waals surface area contributed by atoms with Gasteiger partial charge in [0.15, 0.2) is 5.82 Å². The zero-order valence-corrected chi connectivity index (χ0v) is 13.3. The van der Waals surface area contributed by atoms with Crippen molar-refractivity contribution in [2.75, 3.05) is 13.1 Å². The molecule has 6 heteroatoms. The Balaban J connectivity index is 1.50. The SMILES string of the molecule is Cc1nc(CN2CCCC(c3nc4ccccc4s3)C2)no1. The fourth-order valence-corrected chi connectivity index (χ4v) is 4.16. The molecule has 0 aliphatic carbocycles. The molecule has 3 aromatic rings. The van der Waals surface area contributed by atoms with Crippen LogP contribution in [0.2, 0.25) is 0 Å². The second-order valence-corrected chi connectivity index (χ2v) is 6.89. The molecule has 0 spiro atoms. The van der Waals surface area contributed by atoms with Crippen LogP contribution in [-0.4, -0.2) is 33.1 Å². The van der Waals surface area contributed by atoms with E-state index in [9.17, 15) is 0 Å². The topological polar surface area (TPSA) is 55.1 Å². The molecule has 1 aliphatic rings. The minimum atomic E-state index is 0.513. The summed E-state index contributed by atoms with van der Waals surface area (Å²) in [5, 5.41) is 5.26. The Morgan fingerprint density at radius 3 is 3.05 bits per heavy atom. The second-order valence-electron chi connectivity index (χ2n) is 5.82. The smallest absolute Gasteiger partial charge is 0.223 e. The van der Waals surface area contributed by atoms with E-state index >= 15 is 0 Å². The lowest BCUT2D eigenvalue weighted by atomic mass is 9.99. The van der Waals surface area contributed by atoms with Gasteiger partial charge in [0.2, 0.25) is 5.89 Å². The van der Waals surface area contributed by atoms with E-state index < -0.39 is 0 Å². The molecule has 3 heterocycles. The van der Waals surface area contributed by atoms with Gasteiger partial charge in [-0.05, 0) is 31.5 Å². The minimum Gasteiger partial charge on any atom is -0.340 e. The Kier molecular flexibility index (Phi) is 3.63. The van der Waals surface area contributed by atoms with Crippen molar-refractivity contribution >= 4 is 21.6 Å². The third-order valence-electron chi connectivity index (χ3n) is 4.10. The molecule has 114 valence electrons. The number of rotatable bonds is 3. The Labute approximate surface area is 133 Å². The number of benzene rings is 1. The maximum absolute atomic E-state index is 5.06. The number of piperidine rings is 1. The van der Waals surface area contributed by atoms with Crippen molar-refractivity contribution in [1.82, 2.24) is 20.0 Å². The molecule has 0 saturated carbocycles. The molecule has 1 fully saturated rings. The Hall–Kier alpha value is -1.79. The molecule has 1 atom stereocenters. The average molecular weight is 314 g/mol. The van der Waals surface area contributed by atoms with Gasteiger partial charge in [0, 0.05) is 19.4 Å². The lowest BCUT2D eigenvalue weighted by Gasteiger charge is -2.30. The van der Waals surface area contributed by atoms with Gasteiger partial charge < -0.3 is 4.52 Å². The first-order chi connectivity index (χ1) is 10.8. The number of para-hydroxylation sites is 1. The number of fused-ring (bicyclic) bond motifs is 1. The van der Waals surface area contributed by atoms with Gasteiger partial charge in [-0.2, -0.15) is 4.98 Å². The number of aryl methyl sites for hydroxylation is 1. The normalized spacial score (nSPS) is 19.8. The van der Waals surface area contributed by atoms with E-state index in [2.05, 4.69) is 39.3 Å². The van der Waals surface area contributed by atoms with Gasteiger partial charge >= 0.3 is 0 Å². The molecule has 0 amide bonds. The summed E-state index contributed by atoms with van der Waals surface area (Å²) >= 11 is 1.83. The molecule has 1 saturated heterocycles. The highest BCUT2D eigenvalue weighted by Crippen LogP contribution is 2.33. The Morgan fingerprint density at radius 1 is 1.32 bits per heavy atom. The number of thiazole rings is 1. The highest BCUT2D eigenvalue weighted by molar-refractivity contribution is 7.18. The van der Waals surface area contributed by atoms with E-state index in [-0.39, 0.29) is 0 Å². The molecule has 0 N–H and O–H groups in total. The lowest BCUT2D eigenvalue weighted by Crippen LogP contribution is -2.34. The molecular weight excluding hydrogens is 296 g/mol. The van der Waals surface area contributed by atoms with Crippen LogP contribution in [0.25, 0.3) is 10.2 Å². The van der Waals surface area contributed by atoms with Gasteiger partial charge in [0.25, 0.3) is 0 Å². The van der Waals surface area contributed by atoms with Crippen molar-refractivity contribution in [3.05, 3.63) is 41.0 Å². The van der Waals surface area contributed by atoms with Crippen LogP contribution in [-0.2, 0) is 6.54 Å². The summed E-state index contributed by atoms with van der Waals surface area (Å²) < 4.78 is 6.34. The number of hydrogen-bond donors (Lipinski definition) is 0. The zero-order valence-electron chi connectivity index (χ0n) is 12.5. The summed E-state index contributed by atoms with van der Waals surface area (Å²) in [5.41, 5.74) is 1.12. The number of likely N-dealkylation sites (tertiary alicyclic amines) is 1. The molecule has 1 unspecified atom stereocenters. The van der Waals surface area contributed by atoms with Gasteiger partial charge in [-0.3, -0.25) is 4.90 Å². The van der Waals surface area contributed by atoms with Crippen molar-refractivity contribution in [1.29, 1.82) is 0 Å². The molecular formula is C16H18N4OS. The van der Waals surface area contributed by atoms with Gasteiger partial charge in [0.1, 0.15) is 0 Å². The largest absolute Gasteiger partial charge is 0.340 e. The monoisotopic (exact) mass is 314 g/mol. The van der Waals surface area contributed by atoms with E-state index in [0.717, 1.165) is 31.0 Å². The minimum absolute atomic E-state index is 0.513. The third kappa shape index (κ3) is 2.76. The fraction of sp³-hybridized carbons (Fsp3) is 0.438. The molecule has 0 bridgehead atoms. The van der Waals surface area contributed by atoms with Crippen LogP contribution in [0.3, 0.4) is 0 Å². The van der Waals surface area contributed by atoms with Crippen LogP contribution in [0, 0.1) is 6.92 Å². The van der Waals surface area contributed by atoms with E-state index in [1.54, 1.807) is 0 Å². The fourth-order valence-electron chi connectivity index (χ4n) is 3.07. The summed E-state index contributed by atoms with van der Waals surface area (Å²) in [4.78, 5) is 11.5. The predicted octanol–water partition coefficient (Wildman–Crippen LogP) is 3.37. The summed E-state index contributed by atoms with van der Waals surface area (Å²) in [6.45, 7) is 4.71. The molecule has 22 heavy (non-hydrogen) atoms. The van der Waals surface area contributed by atoms with Crippen LogP contribution < -0.4 is 0 Å². The summed E-state index contributed by atoms with van der Waals surface area (Å²) in [7, 11) is 0. The summed E-state index contributed by atoms with van der Waals surface area (Å²) in [6, 6.07) is 8.38. The summed E-state index contributed by atoms with van der Waals surface area (Å²) in [5.74, 6) is 1.93. The molecule has 2 aromatic heterocycles. The van der Waals surface area contributed by atoms with Crippen LogP contribution >= 0.6 is 11.3 Å². The Bertz CT molecular complexity index is 748. The number of aromatic nitrogens is 3. The van der Waals surface area contributed by atoms with Crippen LogP contribution in [0.15, 0.2) is 28.8 Å². The van der Waals surface area contributed by atoms with Crippen molar-refractivity contribution in [3.8, 4) is 0 Å². The van der Waals surface area contributed by atoms with Crippen LogP contribution in [0.5, 0.6) is 0 Å². The Morgan fingerprint density at radius 2 is 2.23 bits per heavy atom. The average Bonchev–Trinajstić information content (AvgIpc) is 3.13. The van der Waals surface area contributed by atoms with Crippen molar-refractivity contribution in [2.24, 2.45) is 0 Å². The predicted molar refractivity (Wildman–Crippen MR) is 85.9 cm³/mol. The number of hydrogen-bond acceptors (Lipinski definition) is 6. The quantitative estimate of drug-likeness (QED) is 0.742. The van der Waals surface area contributed by atoms with Crippen LogP contribution in [0.4, 0.5) is 0 Å². The van der Waals surface area contributed by atoms with Gasteiger partial charge in [-0.25, -0.2) is 4.98 Å². The van der Waals surface area contributed by atoms with Crippen molar-refractivity contribution in [2.45, 2.75) is 32.2 Å². The van der Waals surface area contributed by atoms with E-state index in [4.69, 9.17) is 9.51 Å². The molecule has 1 aromatic carbocycles. The second kappa shape index (κ2) is 5.78. The highest BCUT2D eigenvalue weighted by atomic mass is 32.1. The van der Waals surface area contributed by atoms with Gasteiger partial charge in [-0.15, -0.1) is 11.3 Å². The zero-order chi connectivity index (χ0) is 14.9. The first-order valence-electron chi connectivity index (χ1n) is 7.65. The summed E-state index contributed by atoms with van der Waals surface area (Å²) in [6.07, 6.45) is 2.40. The van der Waals surface area contributed by atoms with Gasteiger partial charge in [0.05, 0.1) is 21.8 Å². The molecule has 1 aliphatic heterocycles. The first-order valence-corrected chi connectivity index (χ1v) is 8.46. The maximum atomic E-state index is 5.06. The third-order valence-corrected chi connectivity index (χ3v) is 5.30. The van der Waals surface area contributed by atoms with Crippen molar-refractivity contribution in [3.63, 3.8) is 0 Å². The standard InChI is InChI=1S/C16H18N4OS/c1-11-17-15(19-21-11)10-20-8-4-5-12(9-20)16-18-13-6-2-3-7-14(13)22-16/h2-3,6-7,12H,4-5,8-10H2,1H3. The van der Waals surface area contributed by atoms with E-state index in [0.29, 0.717) is 11.8 Å². The van der Waals surface area contributed by atoms with Gasteiger partial charge in [-0.1, -0.05) is 17.3 Å². The highest BCUT2D eigenvalue weighted by Gasteiger charge is 2.25. The lowest BCUT2D eigenvalue weighted by molar-refractivity contribution is 0.193. The van der Waals surface area contributed by atoms with E-state index in [1.165, 1.54) is 22.5 Å². The molecule has 4 rings (SSSR count). The molecule has 0 radical (unpaired) electrons. The maximum Gasteiger partial charge on any atom is 0.223 e. The van der Waals surface area contributed by atoms with Crippen molar-refractivity contribution < 1.29 is 4.52 Å². The van der Waals surface area contributed by atoms with E-state index in [1.807, 2.05) is 18.3 Å². The van der Waals surface area contributed by atoms with Crippen LogP contribution in [0.1, 0.15) is 35.5 Å².